The molecule has 0 spiro atoms. The molecule has 3 heterocycles. The average molecular weight is 377 g/mol. The van der Waals surface area contributed by atoms with Gasteiger partial charge in [-0.2, -0.15) is 5.10 Å². The lowest BCUT2D eigenvalue weighted by Gasteiger charge is -2.28. The lowest BCUT2D eigenvalue weighted by molar-refractivity contribution is -0.132. The molecule has 144 valence electrons. The third kappa shape index (κ3) is 3.61. The molecular weight excluding hydrogens is 354 g/mol. The fourth-order valence-corrected chi connectivity index (χ4v) is 3.50. The van der Waals surface area contributed by atoms with E-state index in [1.165, 1.54) is 5.69 Å². The number of carbonyl (C=O) groups is 1. The van der Waals surface area contributed by atoms with Crippen molar-refractivity contribution in [2.24, 2.45) is 5.73 Å². The Morgan fingerprint density at radius 1 is 1.21 bits per heavy atom. The van der Waals surface area contributed by atoms with E-state index < -0.39 is 0 Å². The summed E-state index contributed by atoms with van der Waals surface area (Å²) in [6.07, 6.45) is 4.54. The van der Waals surface area contributed by atoms with Gasteiger partial charge in [0, 0.05) is 49.8 Å². The summed E-state index contributed by atoms with van der Waals surface area (Å²) >= 11 is 0. The zero-order chi connectivity index (χ0) is 19.5. The molecule has 0 radical (unpaired) electrons. The molecule has 1 aliphatic heterocycles. The molecule has 0 saturated carbocycles. The van der Waals surface area contributed by atoms with Crippen LogP contribution in [-0.2, 0) is 17.8 Å². The summed E-state index contributed by atoms with van der Waals surface area (Å²) in [5, 5.41) is 4.52. The Kier molecular flexibility index (Phi) is 5.08. The van der Waals surface area contributed by atoms with Gasteiger partial charge in [0.2, 0.25) is 11.8 Å². The van der Waals surface area contributed by atoms with Crippen LogP contribution in [0.3, 0.4) is 0 Å². The maximum Gasteiger partial charge on any atom is 0.224 e. The number of hydrogen-bond donors (Lipinski definition) is 1. The van der Waals surface area contributed by atoms with Crippen LogP contribution >= 0.6 is 0 Å². The highest BCUT2D eigenvalue weighted by Crippen LogP contribution is 2.24. The van der Waals surface area contributed by atoms with Crippen molar-refractivity contribution in [1.82, 2.24) is 19.7 Å². The molecule has 0 fully saturated rings. The van der Waals surface area contributed by atoms with E-state index >= 15 is 0 Å². The van der Waals surface area contributed by atoms with Crippen LogP contribution in [-0.4, -0.2) is 39.2 Å². The number of rotatable bonds is 5. The molecule has 1 aliphatic rings. The Morgan fingerprint density at radius 3 is 2.75 bits per heavy atom. The van der Waals surface area contributed by atoms with E-state index in [1.54, 1.807) is 19.4 Å². The fraction of sp³-hybridized carbons (Fsp3) is 0.286. The van der Waals surface area contributed by atoms with Crippen LogP contribution < -0.4 is 10.5 Å². The van der Waals surface area contributed by atoms with Gasteiger partial charge in [0.15, 0.2) is 0 Å². The summed E-state index contributed by atoms with van der Waals surface area (Å²) in [5.74, 6) is 0.572. The summed E-state index contributed by atoms with van der Waals surface area (Å²) in [7, 11) is 1.57. The van der Waals surface area contributed by atoms with Crippen molar-refractivity contribution < 1.29 is 9.53 Å². The number of nitrogens with zero attached hydrogens (tertiary/aromatic N) is 4. The first-order valence-corrected chi connectivity index (χ1v) is 9.30. The van der Waals surface area contributed by atoms with E-state index in [4.69, 9.17) is 10.5 Å². The first-order valence-electron chi connectivity index (χ1n) is 9.30. The smallest absolute Gasteiger partial charge is 0.224 e. The first-order chi connectivity index (χ1) is 13.7. The van der Waals surface area contributed by atoms with Crippen LogP contribution in [0.1, 0.15) is 29.3 Å². The van der Waals surface area contributed by atoms with Gasteiger partial charge in [0.05, 0.1) is 24.7 Å². The monoisotopic (exact) mass is 377 g/mol. The maximum absolute atomic E-state index is 12.8. The number of pyridine rings is 1. The van der Waals surface area contributed by atoms with Crippen molar-refractivity contribution in [3.63, 3.8) is 0 Å². The summed E-state index contributed by atoms with van der Waals surface area (Å²) < 4.78 is 7.02. The Balaban J connectivity index is 1.42. The summed E-state index contributed by atoms with van der Waals surface area (Å²) in [6, 6.07) is 13.3. The van der Waals surface area contributed by atoms with Crippen molar-refractivity contribution in [1.29, 1.82) is 0 Å². The van der Waals surface area contributed by atoms with Crippen LogP contribution in [0.25, 0.3) is 5.69 Å². The first kappa shape index (κ1) is 18.2. The fourth-order valence-electron chi connectivity index (χ4n) is 3.50. The largest absolute Gasteiger partial charge is 0.481 e. The van der Waals surface area contributed by atoms with Crippen LogP contribution in [0.5, 0.6) is 5.88 Å². The van der Waals surface area contributed by atoms with E-state index in [2.05, 4.69) is 10.1 Å². The SMILES string of the molecule is COc1ccc(C(N)CC(=O)N2CCc3c(cnn3-c3ccccc3)C2)cn1. The van der Waals surface area contributed by atoms with Crippen molar-refractivity contribution in [3.05, 3.63) is 71.7 Å². The third-order valence-electron chi connectivity index (χ3n) is 5.08. The van der Waals surface area contributed by atoms with Crippen LogP contribution in [0, 0.1) is 0 Å². The predicted octanol–water partition coefficient (Wildman–Crippen LogP) is 2.25. The molecule has 1 atom stereocenters. The van der Waals surface area contributed by atoms with Gasteiger partial charge in [-0.05, 0) is 17.7 Å². The molecule has 28 heavy (non-hydrogen) atoms. The average Bonchev–Trinajstić information content (AvgIpc) is 3.17. The number of ether oxygens (including phenoxy) is 1. The van der Waals surface area contributed by atoms with E-state index in [-0.39, 0.29) is 18.4 Å². The minimum absolute atomic E-state index is 0.0430. The number of carbonyl (C=O) groups excluding carboxylic acids is 1. The van der Waals surface area contributed by atoms with Gasteiger partial charge >= 0.3 is 0 Å². The van der Waals surface area contributed by atoms with Gasteiger partial charge in [-0.3, -0.25) is 4.79 Å². The predicted molar refractivity (Wildman–Crippen MR) is 105 cm³/mol. The molecule has 0 bridgehead atoms. The van der Waals surface area contributed by atoms with E-state index in [1.807, 2.05) is 52.2 Å². The molecule has 2 N–H and O–H groups in total. The molecule has 0 aliphatic carbocycles. The topological polar surface area (TPSA) is 86.3 Å². The standard InChI is InChI=1S/C21H23N5O2/c1-28-20-8-7-15(12-23-20)18(22)11-21(27)25-10-9-19-16(14-25)13-24-26(19)17-5-3-2-4-6-17/h2-8,12-13,18H,9-11,14,22H2,1H3. The molecular formula is C21H23N5O2. The highest BCUT2D eigenvalue weighted by molar-refractivity contribution is 5.77. The molecule has 4 rings (SSSR count). The zero-order valence-corrected chi connectivity index (χ0v) is 15.8. The van der Waals surface area contributed by atoms with Crippen molar-refractivity contribution in [2.45, 2.75) is 25.4 Å². The number of methoxy groups -OCH3 is 1. The van der Waals surface area contributed by atoms with E-state index in [9.17, 15) is 4.79 Å². The Bertz CT molecular complexity index is 953. The minimum Gasteiger partial charge on any atom is -0.481 e. The number of aromatic nitrogens is 3. The summed E-state index contributed by atoms with van der Waals surface area (Å²) in [5.41, 5.74) is 10.3. The van der Waals surface area contributed by atoms with Gasteiger partial charge in [-0.25, -0.2) is 9.67 Å². The van der Waals surface area contributed by atoms with Crippen LogP contribution in [0.15, 0.2) is 54.9 Å². The van der Waals surface area contributed by atoms with Crippen LogP contribution in [0.2, 0.25) is 0 Å². The van der Waals surface area contributed by atoms with E-state index in [0.29, 0.717) is 19.0 Å². The minimum atomic E-state index is -0.389. The van der Waals surface area contributed by atoms with E-state index in [0.717, 1.165) is 23.2 Å². The summed E-state index contributed by atoms with van der Waals surface area (Å²) in [6.45, 7) is 1.23. The van der Waals surface area contributed by atoms with Gasteiger partial charge in [-0.15, -0.1) is 0 Å². The maximum atomic E-state index is 12.8. The lowest BCUT2D eigenvalue weighted by atomic mass is 10.0. The van der Waals surface area contributed by atoms with Gasteiger partial charge in [0.25, 0.3) is 0 Å². The number of para-hydroxylation sites is 1. The Hall–Kier alpha value is -3.19. The van der Waals surface area contributed by atoms with Gasteiger partial charge in [0.1, 0.15) is 0 Å². The molecule has 1 aromatic carbocycles. The molecule has 7 heteroatoms. The molecule has 3 aromatic rings. The second-order valence-corrected chi connectivity index (χ2v) is 6.87. The highest BCUT2D eigenvalue weighted by atomic mass is 16.5. The van der Waals surface area contributed by atoms with Crippen molar-refractivity contribution >= 4 is 5.91 Å². The number of amides is 1. The highest BCUT2D eigenvalue weighted by Gasteiger charge is 2.25. The zero-order valence-electron chi connectivity index (χ0n) is 15.8. The summed E-state index contributed by atoms with van der Waals surface area (Å²) in [4.78, 5) is 18.8. The number of hydrogen-bond acceptors (Lipinski definition) is 5. The second-order valence-electron chi connectivity index (χ2n) is 6.87. The lowest BCUT2D eigenvalue weighted by Crippen LogP contribution is -2.37. The Morgan fingerprint density at radius 2 is 2.04 bits per heavy atom. The molecule has 1 unspecified atom stereocenters. The normalized spacial score (nSPS) is 14.4. The van der Waals surface area contributed by atoms with Gasteiger partial charge in [-0.1, -0.05) is 24.3 Å². The molecule has 2 aromatic heterocycles. The molecule has 1 amide bonds. The van der Waals surface area contributed by atoms with Crippen molar-refractivity contribution in [3.8, 4) is 11.6 Å². The quantitative estimate of drug-likeness (QED) is 0.737. The second kappa shape index (κ2) is 7.82. The molecule has 7 nitrogen and oxygen atoms in total. The van der Waals surface area contributed by atoms with Crippen molar-refractivity contribution in [2.75, 3.05) is 13.7 Å². The van der Waals surface area contributed by atoms with Gasteiger partial charge < -0.3 is 15.4 Å². The number of fused-ring (bicyclic) bond motifs is 1. The molecule has 0 saturated heterocycles. The number of nitrogens with two attached hydrogens (primary N) is 1. The van der Waals surface area contributed by atoms with Crippen LogP contribution in [0.4, 0.5) is 0 Å². The Labute approximate surface area is 163 Å². The number of benzene rings is 1. The third-order valence-corrected chi connectivity index (χ3v) is 5.08.